The lowest BCUT2D eigenvalue weighted by atomic mass is 9.96. The Morgan fingerprint density at radius 1 is 1.15 bits per heavy atom. The zero-order chi connectivity index (χ0) is 18.8. The summed E-state index contributed by atoms with van der Waals surface area (Å²) < 4.78 is 5.29. The Morgan fingerprint density at radius 2 is 1.85 bits per heavy atom. The van der Waals surface area contributed by atoms with Gasteiger partial charge >= 0.3 is 5.97 Å². The number of hydrogen-bond donors (Lipinski definition) is 1. The SMILES string of the molecule is Cc1cc(C)cc(C2=CCN(C(=O)c3c(C)coc3CC(=O)O)CC2)c1. The minimum absolute atomic E-state index is 0.164. The van der Waals surface area contributed by atoms with E-state index in [-0.39, 0.29) is 18.1 Å². The molecule has 0 saturated heterocycles. The molecule has 0 bridgehead atoms. The van der Waals surface area contributed by atoms with Crippen molar-refractivity contribution in [1.82, 2.24) is 4.90 Å². The van der Waals surface area contributed by atoms with Gasteiger partial charge in [-0.2, -0.15) is 0 Å². The quantitative estimate of drug-likeness (QED) is 0.908. The molecule has 0 atom stereocenters. The summed E-state index contributed by atoms with van der Waals surface area (Å²) in [6.07, 6.45) is 4.03. The van der Waals surface area contributed by atoms with E-state index in [0.29, 0.717) is 24.2 Å². The summed E-state index contributed by atoms with van der Waals surface area (Å²) in [6, 6.07) is 6.48. The molecule has 0 saturated carbocycles. The van der Waals surface area contributed by atoms with E-state index in [1.54, 1.807) is 11.8 Å². The lowest BCUT2D eigenvalue weighted by molar-refractivity contribution is -0.136. The summed E-state index contributed by atoms with van der Waals surface area (Å²) in [5.74, 6) is -0.948. The van der Waals surface area contributed by atoms with Crippen LogP contribution in [-0.2, 0) is 11.2 Å². The molecule has 136 valence electrons. The van der Waals surface area contributed by atoms with Crippen LogP contribution in [0.4, 0.5) is 0 Å². The molecule has 1 N–H and O–H groups in total. The summed E-state index contributed by atoms with van der Waals surface area (Å²) in [4.78, 5) is 25.6. The second-order valence-electron chi connectivity index (χ2n) is 6.89. The van der Waals surface area contributed by atoms with Crippen LogP contribution < -0.4 is 0 Å². The van der Waals surface area contributed by atoms with Crippen LogP contribution in [0.2, 0.25) is 0 Å². The number of amides is 1. The summed E-state index contributed by atoms with van der Waals surface area (Å²) in [6.45, 7) is 7.05. The number of carbonyl (C=O) groups excluding carboxylic acids is 1. The second-order valence-corrected chi connectivity index (χ2v) is 6.89. The average Bonchev–Trinajstić information content (AvgIpc) is 2.93. The van der Waals surface area contributed by atoms with E-state index in [1.807, 2.05) is 0 Å². The van der Waals surface area contributed by atoms with Gasteiger partial charge < -0.3 is 14.4 Å². The van der Waals surface area contributed by atoms with Crippen molar-refractivity contribution in [3.8, 4) is 0 Å². The number of benzene rings is 1. The van der Waals surface area contributed by atoms with Gasteiger partial charge in [0.1, 0.15) is 12.2 Å². The monoisotopic (exact) mass is 353 g/mol. The van der Waals surface area contributed by atoms with Crippen LogP contribution in [-0.4, -0.2) is 35.0 Å². The fraction of sp³-hybridized carbons (Fsp3) is 0.333. The van der Waals surface area contributed by atoms with E-state index < -0.39 is 5.97 Å². The highest BCUT2D eigenvalue weighted by atomic mass is 16.4. The highest BCUT2D eigenvalue weighted by Gasteiger charge is 2.26. The molecular formula is C21H23NO4. The predicted octanol–water partition coefficient (Wildman–Crippen LogP) is 3.76. The van der Waals surface area contributed by atoms with Gasteiger partial charge in [-0.15, -0.1) is 0 Å². The third-order valence-corrected chi connectivity index (χ3v) is 4.67. The minimum Gasteiger partial charge on any atom is -0.481 e. The molecule has 3 rings (SSSR count). The number of nitrogens with zero attached hydrogens (tertiary/aromatic N) is 1. The summed E-state index contributed by atoms with van der Waals surface area (Å²) in [5.41, 5.74) is 5.97. The number of aryl methyl sites for hydroxylation is 3. The van der Waals surface area contributed by atoms with Crippen LogP contribution in [0.5, 0.6) is 0 Å². The van der Waals surface area contributed by atoms with Gasteiger partial charge in [-0.25, -0.2) is 0 Å². The molecule has 0 unspecified atom stereocenters. The number of carboxylic acids is 1. The number of carboxylic acid groups (broad SMARTS) is 1. The van der Waals surface area contributed by atoms with Crippen molar-refractivity contribution in [2.45, 2.75) is 33.6 Å². The average molecular weight is 353 g/mol. The van der Waals surface area contributed by atoms with Crippen molar-refractivity contribution < 1.29 is 19.1 Å². The molecule has 0 aliphatic carbocycles. The van der Waals surface area contributed by atoms with Crippen molar-refractivity contribution in [3.05, 3.63) is 64.1 Å². The Labute approximate surface area is 152 Å². The first-order chi connectivity index (χ1) is 12.3. The Balaban J connectivity index is 1.79. The van der Waals surface area contributed by atoms with Crippen molar-refractivity contribution in [2.75, 3.05) is 13.1 Å². The molecule has 1 aromatic carbocycles. The minimum atomic E-state index is -1.01. The van der Waals surface area contributed by atoms with Crippen LogP contribution in [0.25, 0.3) is 5.57 Å². The molecule has 1 aromatic heterocycles. The third kappa shape index (κ3) is 3.72. The zero-order valence-electron chi connectivity index (χ0n) is 15.3. The lowest BCUT2D eigenvalue weighted by Gasteiger charge is -2.27. The van der Waals surface area contributed by atoms with Crippen LogP contribution in [0.1, 0.15) is 44.8 Å². The van der Waals surface area contributed by atoms with Crippen molar-refractivity contribution >= 4 is 17.4 Å². The summed E-state index contributed by atoms with van der Waals surface area (Å²) in [7, 11) is 0. The van der Waals surface area contributed by atoms with E-state index in [2.05, 4.69) is 38.1 Å². The van der Waals surface area contributed by atoms with E-state index in [4.69, 9.17) is 9.52 Å². The molecule has 0 radical (unpaired) electrons. The molecule has 0 fully saturated rings. The van der Waals surface area contributed by atoms with Crippen molar-refractivity contribution in [1.29, 1.82) is 0 Å². The van der Waals surface area contributed by atoms with Crippen molar-refractivity contribution in [2.24, 2.45) is 0 Å². The fourth-order valence-electron chi connectivity index (χ4n) is 3.49. The summed E-state index contributed by atoms with van der Waals surface area (Å²) >= 11 is 0. The lowest BCUT2D eigenvalue weighted by Crippen LogP contribution is -2.35. The Morgan fingerprint density at radius 3 is 2.42 bits per heavy atom. The highest BCUT2D eigenvalue weighted by molar-refractivity contribution is 5.98. The van der Waals surface area contributed by atoms with Crippen LogP contribution in [0.3, 0.4) is 0 Å². The Bertz CT molecular complexity index is 871. The first-order valence-corrected chi connectivity index (χ1v) is 8.71. The van der Waals surface area contributed by atoms with E-state index in [0.717, 1.165) is 6.42 Å². The molecular weight excluding hydrogens is 330 g/mol. The first-order valence-electron chi connectivity index (χ1n) is 8.71. The summed E-state index contributed by atoms with van der Waals surface area (Å²) in [5, 5.41) is 9.00. The maximum atomic E-state index is 12.9. The first kappa shape index (κ1) is 18.0. The number of rotatable bonds is 4. The van der Waals surface area contributed by atoms with Gasteiger partial charge in [-0.05, 0) is 38.3 Å². The smallest absolute Gasteiger partial charge is 0.311 e. The second kappa shape index (κ2) is 7.20. The standard InChI is InChI=1S/C21H23NO4/c1-13-8-14(2)10-17(9-13)16-4-6-22(7-5-16)21(25)20-15(3)12-26-18(20)11-19(23)24/h4,8-10,12H,5-7,11H2,1-3H3,(H,23,24). The van der Waals surface area contributed by atoms with E-state index >= 15 is 0 Å². The van der Waals surface area contributed by atoms with Gasteiger partial charge in [-0.3, -0.25) is 9.59 Å². The molecule has 0 spiro atoms. The molecule has 1 aliphatic heterocycles. The maximum Gasteiger partial charge on any atom is 0.311 e. The van der Waals surface area contributed by atoms with Crippen LogP contribution in [0.15, 0.2) is 35.0 Å². The van der Waals surface area contributed by atoms with Gasteiger partial charge in [0.25, 0.3) is 5.91 Å². The number of carbonyl (C=O) groups is 2. The Kier molecular flexibility index (Phi) is 4.98. The van der Waals surface area contributed by atoms with E-state index in [9.17, 15) is 9.59 Å². The van der Waals surface area contributed by atoms with Gasteiger partial charge in [0.15, 0.2) is 0 Å². The molecule has 26 heavy (non-hydrogen) atoms. The van der Waals surface area contributed by atoms with Gasteiger partial charge in [0.05, 0.1) is 11.8 Å². The van der Waals surface area contributed by atoms with Gasteiger partial charge in [0.2, 0.25) is 0 Å². The number of furan rings is 1. The number of hydrogen-bond acceptors (Lipinski definition) is 3. The normalized spacial score (nSPS) is 14.3. The largest absolute Gasteiger partial charge is 0.481 e. The number of aliphatic carboxylic acids is 1. The highest BCUT2D eigenvalue weighted by Crippen LogP contribution is 2.26. The molecule has 1 aliphatic rings. The molecule has 5 heteroatoms. The molecule has 1 amide bonds. The van der Waals surface area contributed by atoms with Crippen LogP contribution >= 0.6 is 0 Å². The van der Waals surface area contributed by atoms with E-state index in [1.165, 1.54) is 28.5 Å². The van der Waals surface area contributed by atoms with Gasteiger partial charge in [-0.1, -0.05) is 35.4 Å². The molecule has 2 aromatic rings. The maximum absolute atomic E-state index is 12.9. The molecule has 2 heterocycles. The third-order valence-electron chi connectivity index (χ3n) is 4.67. The fourth-order valence-corrected chi connectivity index (χ4v) is 3.49. The van der Waals surface area contributed by atoms with Gasteiger partial charge in [0, 0.05) is 18.7 Å². The predicted molar refractivity (Wildman–Crippen MR) is 99.2 cm³/mol. The van der Waals surface area contributed by atoms with Crippen LogP contribution in [0, 0.1) is 20.8 Å². The van der Waals surface area contributed by atoms with Crippen molar-refractivity contribution in [3.63, 3.8) is 0 Å². The Hall–Kier alpha value is -2.82. The zero-order valence-corrected chi connectivity index (χ0v) is 15.3. The topological polar surface area (TPSA) is 70.8 Å². The molecule has 5 nitrogen and oxygen atoms in total.